The van der Waals surface area contributed by atoms with Gasteiger partial charge in [0.2, 0.25) is 5.91 Å². The van der Waals surface area contributed by atoms with E-state index in [-0.39, 0.29) is 38.1 Å². The fourth-order valence-electron chi connectivity index (χ4n) is 4.43. The normalized spacial score (nSPS) is 17.8. The number of nitrogens with zero attached hydrogens (tertiary/aromatic N) is 1. The van der Waals surface area contributed by atoms with Gasteiger partial charge in [0, 0.05) is 19.0 Å². The van der Waals surface area contributed by atoms with Crippen LogP contribution >= 0.6 is 0 Å². The molecular formula is C25H28N2O6. The van der Waals surface area contributed by atoms with Crippen molar-refractivity contribution < 1.29 is 29.0 Å². The smallest absolute Gasteiger partial charge is 0.407 e. The predicted molar refractivity (Wildman–Crippen MR) is 121 cm³/mol. The second-order valence-corrected chi connectivity index (χ2v) is 9.01. The molecule has 2 aromatic rings. The lowest BCUT2D eigenvalue weighted by atomic mass is 9.91. The maximum Gasteiger partial charge on any atom is 0.407 e. The summed E-state index contributed by atoms with van der Waals surface area (Å²) in [6, 6.07) is 16.2. The molecule has 0 saturated carbocycles. The number of carbonyl (C=O) groups excluding carboxylic acids is 2. The van der Waals surface area contributed by atoms with Crippen LogP contribution in [-0.2, 0) is 19.1 Å². The standard InChI is InChI=1S/C25H28N2O6/c1-25(2,23(30)27-11-12-32-21(13-27)22(28)29)15-26-24(31)33-14-20-18-9-5-3-7-16(18)17-8-4-6-10-19(17)20/h3-10,20-21H,11-15H2,1-2H3,(H,26,31)(H,28,29). The molecule has 1 aliphatic heterocycles. The molecule has 174 valence electrons. The third-order valence-electron chi connectivity index (χ3n) is 6.23. The minimum absolute atomic E-state index is 0.0114. The predicted octanol–water partition coefficient (Wildman–Crippen LogP) is 2.86. The van der Waals surface area contributed by atoms with E-state index in [4.69, 9.17) is 14.6 Å². The van der Waals surface area contributed by atoms with Crippen molar-refractivity contribution in [3.8, 4) is 11.1 Å². The fraction of sp³-hybridized carbons (Fsp3) is 0.400. The Labute approximate surface area is 192 Å². The molecule has 8 heteroatoms. The first-order chi connectivity index (χ1) is 15.8. The van der Waals surface area contributed by atoms with Gasteiger partial charge < -0.3 is 24.8 Å². The number of nitrogens with one attached hydrogen (secondary N) is 1. The van der Waals surface area contributed by atoms with Crippen molar-refractivity contribution in [3.05, 3.63) is 59.7 Å². The van der Waals surface area contributed by atoms with Gasteiger partial charge in [-0.05, 0) is 36.1 Å². The number of rotatable bonds is 6. The second-order valence-electron chi connectivity index (χ2n) is 9.01. The highest BCUT2D eigenvalue weighted by Crippen LogP contribution is 2.44. The van der Waals surface area contributed by atoms with Crippen LogP contribution in [0.2, 0.25) is 0 Å². The SMILES string of the molecule is CC(C)(CNC(=O)OCC1c2ccccc2-c2ccccc21)C(=O)N1CCOC(C(=O)O)C1. The molecule has 2 aliphatic rings. The molecule has 1 unspecified atom stereocenters. The first-order valence-corrected chi connectivity index (χ1v) is 11.0. The van der Waals surface area contributed by atoms with Crippen LogP contribution in [0.5, 0.6) is 0 Å². The highest BCUT2D eigenvalue weighted by atomic mass is 16.5. The fourth-order valence-corrected chi connectivity index (χ4v) is 4.43. The van der Waals surface area contributed by atoms with Gasteiger partial charge in [-0.15, -0.1) is 0 Å². The van der Waals surface area contributed by atoms with Crippen molar-refractivity contribution in [3.63, 3.8) is 0 Å². The molecule has 2 N–H and O–H groups in total. The van der Waals surface area contributed by atoms with Gasteiger partial charge in [0.25, 0.3) is 0 Å². The van der Waals surface area contributed by atoms with E-state index in [0.717, 1.165) is 22.3 Å². The maximum absolute atomic E-state index is 12.9. The van der Waals surface area contributed by atoms with Crippen LogP contribution in [0.15, 0.2) is 48.5 Å². The van der Waals surface area contributed by atoms with Gasteiger partial charge in [0.05, 0.1) is 18.6 Å². The number of alkyl carbamates (subject to hydrolysis) is 1. The molecule has 1 fully saturated rings. The molecule has 2 amide bonds. The summed E-state index contributed by atoms with van der Waals surface area (Å²) in [5.41, 5.74) is 3.63. The number of carbonyl (C=O) groups is 3. The Morgan fingerprint density at radius 3 is 2.30 bits per heavy atom. The molecule has 2 aromatic carbocycles. The Hall–Kier alpha value is -3.39. The highest BCUT2D eigenvalue weighted by molar-refractivity contribution is 5.84. The monoisotopic (exact) mass is 452 g/mol. The number of morpholine rings is 1. The lowest BCUT2D eigenvalue weighted by Gasteiger charge is -2.36. The molecule has 0 bridgehead atoms. The van der Waals surface area contributed by atoms with Crippen molar-refractivity contribution in [2.75, 3.05) is 32.8 Å². The minimum atomic E-state index is -1.10. The maximum atomic E-state index is 12.9. The van der Waals surface area contributed by atoms with E-state index in [1.807, 2.05) is 24.3 Å². The Morgan fingerprint density at radius 2 is 1.70 bits per heavy atom. The van der Waals surface area contributed by atoms with Gasteiger partial charge >= 0.3 is 12.1 Å². The van der Waals surface area contributed by atoms with Gasteiger partial charge in [-0.25, -0.2) is 9.59 Å². The quantitative estimate of drug-likeness (QED) is 0.698. The van der Waals surface area contributed by atoms with Crippen molar-refractivity contribution >= 4 is 18.0 Å². The zero-order valence-electron chi connectivity index (χ0n) is 18.7. The minimum Gasteiger partial charge on any atom is -0.479 e. The molecule has 33 heavy (non-hydrogen) atoms. The number of carboxylic acid groups (broad SMARTS) is 1. The molecule has 1 atom stereocenters. The van der Waals surface area contributed by atoms with E-state index in [9.17, 15) is 14.4 Å². The van der Waals surface area contributed by atoms with E-state index < -0.39 is 23.6 Å². The Morgan fingerprint density at radius 1 is 1.09 bits per heavy atom. The summed E-state index contributed by atoms with van der Waals surface area (Å²) in [5.74, 6) is -1.38. The van der Waals surface area contributed by atoms with E-state index in [1.54, 1.807) is 13.8 Å². The summed E-state index contributed by atoms with van der Waals surface area (Å²) in [7, 11) is 0. The van der Waals surface area contributed by atoms with Crippen LogP contribution in [0.25, 0.3) is 11.1 Å². The summed E-state index contributed by atoms with van der Waals surface area (Å²) in [5, 5.41) is 11.8. The molecule has 4 rings (SSSR count). The number of ether oxygens (including phenoxy) is 2. The summed E-state index contributed by atoms with van der Waals surface area (Å²) in [4.78, 5) is 38.0. The van der Waals surface area contributed by atoms with Crippen molar-refractivity contribution in [2.24, 2.45) is 5.41 Å². The van der Waals surface area contributed by atoms with Crippen molar-refractivity contribution in [2.45, 2.75) is 25.9 Å². The molecular weight excluding hydrogens is 424 g/mol. The largest absolute Gasteiger partial charge is 0.479 e. The molecule has 0 radical (unpaired) electrons. The first kappa shape index (κ1) is 22.8. The van der Waals surface area contributed by atoms with Gasteiger partial charge in [-0.2, -0.15) is 0 Å². The summed E-state index contributed by atoms with van der Waals surface area (Å²) in [6.45, 7) is 4.16. The zero-order chi connectivity index (χ0) is 23.6. The van der Waals surface area contributed by atoms with Crippen LogP contribution in [0, 0.1) is 5.41 Å². The summed E-state index contributed by atoms with van der Waals surface area (Å²) in [6.07, 6.45) is -1.63. The Balaban J connectivity index is 1.33. The number of hydrogen-bond acceptors (Lipinski definition) is 5. The molecule has 1 aliphatic carbocycles. The topological polar surface area (TPSA) is 105 Å². The third kappa shape index (κ3) is 4.71. The van der Waals surface area contributed by atoms with Gasteiger partial charge in [0.15, 0.2) is 6.10 Å². The summed E-state index contributed by atoms with van der Waals surface area (Å²) >= 11 is 0. The average molecular weight is 453 g/mol. The highest BCUT2D eigenvalue weighted by Gasteiger charge is 2.37. The van der Waals surface area contributed by atoms with Crippen molar-refractivity contribution in [1.29, 1.82) is 0 Å². The molecule has 1 saturated heterocycles. The second kappa shape index (κ2) is 9.23. The van der Waals surface area contributed by atoms with Crippen LogP contribution in [0.4, 0.5) is 4.79 Å². The number of hydrogen-bond donors (Lipinski definition) is 2. The lowest BCUT2D eigenvalue weighted by molar-refractivity contribution is -0.162. The molecule has 0 aromatic heterocycles. The van der Waals surface area contributed by atoms with Gasteiger partial charge in [-0.3, -0.25) is 4.79 Å². The number of aliphatic carboxylic acids is 1. The van der Waals surface area contributed by atoms with Gasteiger partial charge in [0.1, 0.15) is 6.61 Å². The van der Waals surface area contributed by atoms with Crippen LogP contribution in [0.1, 0.15) is 30.9 Å². The number of fused-ring (bicyclic) bond motifs is 3. The van der Waals surface area contributed by atoms with E-state index >= 15 is 0 Å². The van der Waals surface area contributed by atoms with Crippen LogP contribution in [0.3, 0.4) is 0 Å². The summed E-state index contributed by atoms with van der Waals surface area (Å²) < 4.78 is 10.7. The van der Waals surface area contributed by atoms with Crippen LogP contribution in [-0.4, -0.2) is 66.9 Å². The number of carboxylic acids is 1. The van der Waals surface area contributed by atoms with Gasteiger partial charge in [-0.1, -0.05) is 48.5 Å². The van der Waals surface area contributed by atoms with Crippen molar-refractivity contribution in [1.82, 2.24) is 10.2 Å². The average Bonchev–Trinajstić information content (AvgIpc) is 3.15. The first-order valence-electron chi connectivity index (χ1n) is 11.0. The number of benzene rings is 2. The lowest BCUT2D eigenvalue weighted by Crippen LogP contribution is -2.54. The van der Waals surface area contributed by atoms with Crippen LogP contribution < -0.4 is 5.32 Å². The zero-order valence-corrected chi connectivity index (χ0v) is 18.7. The number of amides is 2. The van der Waals surface area contributed by atoms with E-state index in [1.165, 1.54) is 4.90 Å². The molecule has 8 nitrogen and oxygen atoms in total. The van der Waals surface area contributed by atoms with E-state index in [0.29, 0.717) is 6.54 Å². The molecule has 0 spiro atoms. The Bertz CT molecular complexity index is 1020. The Kier molecular flexibility index (Phi) is 6.37. The molecule has 1 heterocycles. The van der Waals surface area contributed by atoms with E-state index in [2.05, 4.69) is 29.6 Å². The third-order valence-corrected chi connectivity index (χ3v) is 6.23.